The van der Waals surface area contributed by atoms with Gasteiger partial charge >= 0.3 is 6.18 Å². The lowest BCUT2D eigenvalue weighted by Gasteiger charge is -2.49. The minimum atomic E-state index is -4.28. The van der Waals surface area contributed by atoms with Gasteiger partial charge in [0.15, 0.2) is 0 Å². The van der Waals surface area contributed by atoms with Crippen LogP contribution in [0.2, 0.25) is 0 Å². The maximum absolute atomic E-state index is 12.6. The number of hydrogen-bond acceptors (Lipinski definition) is 1. The van der Waals surface area contributed by atoms with Gasteiger partial charge in [-0.25, -0.2) is 0 Å². The Labute approximate surface area is 116 Å². The Morgan fingerprint density at radius 2 is 2.05 bits per heavy atom. The van der Waals surface area contributed by atoms with Crippen LogP contribution in [0.1, 0.15) is 31.4 Å². The lowest BCUT2D eigenvalue weighted by Crippen LogP contribution is -2.57. The number of hydrogen-bond donors (Lipinski definition) is 1. The number of alkyl halides is 4. The zero-order valence-electron chi connectivity index (χ0n) is 10.9. The molecule has 0 amide bonds. The molecule has 2 rings (SSSR count). The number of halogens is 4. The molecule has 0 heterocycles. The summed E-state index contributed by atoms with van der Waals surface area (Å²) in [6, 6.07) is 5.68. The molecule has 1 saturated carbocycles. The van der Waals surface area contributed by atoms with E-state index in [0.717, 1.165) is 12.5 Å². The van der Waals surface area contributed by atoms with E-state index < -0.39 is 11.7 Å². The van der Waals surface area contributed by atoms with E-state index in [1.165, 1.54) is 12.1 Å². The van der Waals surface area contributed by atoms with Gasteiger partial charge in [0.25, 0.3) is 0 Å². The van der Waals surface area contributed by atoms with Gasteiger partial charge in [-0.1, -0.05) is 32.0 Å². The monoisotopic (exact) mass is 291 g/mol. The van der Waals surface area contributed by atoms with Crippen LogP contribution in [-0.2, 0) is 12.7 Å². The summed E-state index contributed by atoms with van der Waals surface area (Å²) in [5, 5.41) is 3.41. The van der Waals surface area contributed by atoms with E-state index in [-0.39, 0.29) is 16.8 Å². The highest BCUT2D eigenvalue weighted by atomic mass is 35.5. The zero-order chi connectivity index (χ0) is 14.3. The Balaban J connectivity index is 1.98. The Morgan fingerprint density at radius 1 is 1.37 bits per heavy atom. The van der Waals surface area contributed by atoms with Crippen molar-refractivity contribution in [2.45, 2.75) is 44.4 Å². The molecule has 0 radical (unpaired) electrons. The van der Waals surface area contributed by atoms with Crippen LogP contribution < -0.4 is 5.32 Å². The standard InChI is InChI=1S/C14H17ClF3N/c1-13(2)11(15)7-12(13)19-8-9-4-3-5-10(6-9)14(16,17)18/h3-6,11-12,19H,7-8H2,1-2H3. The first kappa shape index (κ1) is 14.7. The Kier molecular flexibility index (Phi) is 3.85. The Morgan fingerprint density at radius 3 is 2.58 bits per heavy atom. The minimum Gasteiger partial charge on any atom is -0.309 e. The molecule has 0 aromatic heterocycles. The van der Waals surface area contributed by atoms with Crippen LogP contribution in [0, 0.1) is 5.41 Å². The fraction of sp³-hybridized carbons (Fsp3) is 0.571. The van der Waals surface area contributed by atoms with Crippen LogP contribution in [0.25, 0.3) is 0 Å². The molecule has 0 bridgehead atoms. The smallest absolute Gasteiger partial charge is 0.309 e. The summed E-state index contributed by atoms with van der Waals surface area (Å²) < 4.78 is 37.7. The fourth-order valence-electron chi connectivity index (χ4n) is 2.32. The largest absolute Gasteiger partial charge is 0.416 e. The summed E-state index contributed by atoms with van der Waals surface area (Å²) in [5.41, 5.74) is 0.0296. The van der Waals surface area contributed by atoms with Gasteiger partial charge < -0.3 is 5.32 Å². The second-order valence-electron chi connectivity index (χ2n) is 5.66. The van der Waals surface area contributed by atoms with Gasteiger partial charge in [-0.3, -0.25) is 0 Å². The molecular formula is C14H17ClF3N. The predicted octanol–water partition coefficient (Wildman–Crippen LogP) is 4.20. The fourth-order valence-corrected chi connectivity index (χ4v) is 2.65. The maximum atomic E-state index is 12.6. The van der Waals surface area contributed by atoms with Crippen LogP contribution >= 0.6 is 11.6 Å². The summed E-state index contributed by atoms with van der Waals surface area (Å²) in [5.74, 6) is 0. The molecule has 0 aliphatic heterocycles. The first-order valence-corrected chi connectivity index (χ1v) is 6.68. The van der Waals surface area contributed by atoms with E-state index in [0.29, 0.717) is 12.1 Å². The predicted molar refractivity (Wildman–Crippen MR) is 70.1 cm³/mol. The molecule has 1 aliphatic carbocycles. The zero-order valence-corrected chi connectivity index (χ0v) is 11.6. The van der Waals surface area contributed by atoms with Crippen molar-refractivity contribution >= 4 is 11.6 Å². The lowest BCUT2D eigenvalue weighted by atomic mass is 9.67. The highest BCUT2D eigenvalue weighted by Crippen LogP contribution is 2.44. The molecule has 1 aromatic rings. The van der Waals surface area contributed by atoms with Crippen molar-refractivity contribution in [1.82, 2.24) is 5.32 Å². The van der Waals surface area contributed by atoms with Gasteiger partial charge in [0, 0.05) is 18.0 Å². The van der Waals surface area contributed by atoms with Crippen molar-refractivity contribution in [1.29, 1.82) is 0 Å². The molecule has 0 saturated heterocycles. The van der Waals surface area contributed by atoms with Gasteiger partial charge in [-0.2, -0.15) is 13.2 Å². The molecule has 106 valence electrons. The Hall–Kier alpha value is -0.740. The molecule has 1 nitrogen and oxygen atoms in total. The van der Waals surface area contributed by atoms with Gasteiger partial charge in [0.2, 0.25) is 0 Å². The molecule has 1 N–H and O–H groups in total. The number of rotatable bonds is 3. The van der Waals surface area contributed by atoms with Crippen LogP contribution in [0.5, 0.6) is 0 Å². The molecule has 5 heteroatoms. The SMILES string of the molecule is CC1(C)C(Cl)CC1NCc1cccc(C(F)(F)F)c1. The molecule has 1 fully saturated rings. The van der Waals surface area contributed by atoms with Crippen molar-refractivity contribution in [3.05, 3.63) is 35.4 Å². The topological polar surface area (TPSA) is 12.0 Å². The van der Waals surface area contributed by atoms with Gasteiger partial charge in [-0.15, -0.1) is 11.6 Å². The highest BCUT2D eigenvalue weighted by molar-refractivity contribution is 6.21. The van der Waals surface area contributed by atoms with Crippen molar-refractivity contribution < 1.29 is 13.2 Å². The van der Waals surface area contributed by atoms with Crippen LogP contribution in [-0.4, -0.2) is 11.4 Å². The third-order valence-electron chi connectivity index (χ3n) is 3.95. The van der Waals surface area contributed by atoms with Gasteiger partial charge in [0.05, 0.1) is 5.56 Å². The van der Waals surface area contributed by atoms with E-state index in [2.05, 4.69) is 19.2 Å². The minimum absolute atomic E-state index is 0.0107. The van der Waals surface area contributed by atoms with Crippen LogP contribution in [0.4, 0.5) is 13.2 Å². The number of nitrogens with one attached hydrogen (secondary N) is 1. The number of benzene rings is 1. The van der Waals surface area contributed by atoms with Crippen molar-refractivity contribution in [3.63, 3.8) is 0 Å². The van der Waals surface area contributed by atoms with Crippen LogP contribution in [0.3, 0.4) is 0 Å². The van der Waals surface area contributed by atoms with Gasteiger partial charge in [0.1, 0.15) is 0 Å². The summed E-state index contributed by atoms with van der Waals surface area (Å²) in [4.78, 5) is 0. The van der Waals surface area contributed by atoms with Crippen molar-refractivity contribution in [3.8, 4) is 0 Å². The first-order valence-electron chi connectivity index (χ1n) is 6.25. The van der Waals surface area contributed by atoms with E-state index in [1.807, 2.05) is 0 Å². The van der Waals surface area contributed by atoms with E-state index >= 15 is 0 Å². The third kappa shape index (κ3) is 3.06. The van der Waals surface area contributed by atoms with Crippen LogP contribution in [0.15, 0.2) is 24.3 Å². The average Bonchev–Trinajstić information content (AvgIpc) is 2.33. The molecule has 2 unspecified atom stereocenters. The second kappa shape index (κ2) is 4.98. The van der Waals surface area contributed by atoms with Crippen molar-refractivity contribution in [2.75, 3.05) is 0 Å². The molecule has 2 atom stereocenters. The highest BCUT2D eigenvalue weighted by Gasteiger charge is 2.46. The second-order valence-corrected chi connectivity index (χ2v) is 6.18. The molecule has 1 aliphatic rings. The molecule has 1 aromatic carbocycles. The maximum Gasteiger partial charge on any atom is 0.416 e. The van der Waals surface area contributed by atoms with Gasteiger partial charge in [-0.05, 0) is 23.5 Å². The van der Waals surface area contributed by atoms with E-state index in [4.69, 9.17) is 11.6 Å². The summed E-state index contributed by atoms with van der Waals surface area (Å²) in [6.07, 6.45) is -3.43. The lowest BCUT2D eigenvalue weighted by molar-refractivity contribution is -0.137. The summed E-state index contributed by atoms with van der Waals surface area (Å²) in [7, 11) is 0. The van der Waals surface area contributed by atoms with E-state index in [1.54, 1.807) is 6.07 Å². The Bertz CT molecular complexity index is 456. The average molecular weight is 292 g/mol. The molecular weight excluding hydrogens is 275 g/mol. The normalized spacial score (nSPS) is 26.0. The third-order valence-corrected chi connectivity index (χ3v) is 4.70. The van der Waals surface area contributed by atoms with E-state index in [9.17, 15) is 13.2 Å². The quantitative estimate of drug-likeness (QED) is 0.823. The summed E-state index contributed by atoms with van der Waals surface area (Å²) >= 11 is 6.11. The summed E-state index contributed by atoms with van der Waals surface area (Å²) in [6.45, 7) is 4.57. The molecule has 0 spiro atoms. The first-order chi connectivity index (χ1) is 8.71. The molecule has 19 heavy (non-hydrogen) atoms. The van der Waals surface area contributed by atoms with Crippen molar-refractivity contribution in [2.24, 2.45) is 5.41 Å².